The molecule has 0 spiro atoms. The molecule has 0 bridgehead atoms. The summed E-state index contributed by atoms with van der Waals surface area (Å²) in [5.41, 5.74) is 2.47. The van der Waals surface area contributed by atoms with Crippen molar-refractivity contribution in [3.63, 3.8) is 0 Å². The molecule has 0 N–H and O–H groups in total. The van der Waals surface area contributed by atoms with Gasteiger partial charge in [0.2, 0.25) is 0 Å². The van der Waals surface area contributed by atoms with E-state index in [9.17, 15) is 9.59 Å². The third-order valence-corrected chi connectivity index (χ3v) is 3.99. The Labute approximate surface area is 159 Å². The number of esters is 1. The lowest BCUT2D eigenvalue weighted by atomic mass is 10.1. The summed E-state index contributed by atoms with van der Waals surface area (Å²) in [4.78, 5) is 26.0. The van der Waals surface area contributed by atoms with Gasteiger partial charge in [0.1, 0.15) is 0 Å². The first-order valence-electron chi connectivity index (χ1n) is 8.72. The van der Waals surface area contributed by atoms with E-state index < -0.39 is 5.97 Å². The minimum absolute atomic E-state index is 0.276. The van der Waals surface area contributed by atoms with Gasteiger partial charge in [-0.25, -0.2) is 4.79 Å². The molecule has 0 aliphatic rings. The molecule has 2 rings (SSSR count). The molecule has 2 aromatic carbocycles. The van der Waals surface area contributed by atoms with Gasteiger partial charge in [0.05, 0.1) is 19.3 Å². The maximum absolute atomic E-state index is 12.2. The van der Waals surface area contributed by atoms with E-state index in [1.165, 1.54) is 18.1 Å². The average molecular weight is 371 g/mol. The normalized spacial score (nSPS) is 10.2. The number of rotatable bonds is 8. The van der Waals surface area contributed by atoms with Crippen molar-refractivity contribution in [3.05, 3.63) is 59.2 Å². The van der Waals surface area contributed by atoms with Crippen molar-refractivity contribution in [1.29, 1.82) is 0 Å². The van der Waals surface area contributed by atoms with Crippen LogP contribution in [0.2, 0.25) is 0 Å². The number of carbonyl (C=O) groups excluding carboxylic acids is 2. The van der Waals surface area contributed by atoms with Crippen LogP contribution in [-0.2, 0) is 16.1 Å². The van der Waals surface area contributed by atoms with Crippen LogP contribution < -0.4 is 9.47 Å². The number of ether oxygens (including phenoxy) is 3. The minimum atomic E-state index is -0.589. The second kappa shape index (κ2) is 9.62. The van der Waals surface area contributed by atoms with Crippen LogP contribution in [0, 0.1) is 6.92 Å². The fourth-order valence-corrected chi connectivity index (χ4v) is 2.45. The van der Waals surface area contributed by atoms with Crippen LogP contribution in [0.1, 0.15) is 28.4 Å². The van der Waals surface area contributed by atoms with Crippen LogP contribution in [-0.4, -0.2) is 44.1 Å². The summed E-state index contributed by atoms with van der Waals surface area (Å²) in [6, 6.07) is 12.7. The fourth-order valence-electron chi connectivity index (χ4n) is 2.45. The molecule has 6 nitrogen and oxygen atoms in total. The predicted molar refractivity (Wildman–Crippen MR) is 102 cm³/mol. The molecule has 2 aromatic rings. The number of aryl methyl sites for hydroxylation is 1. The zero-order chi connectivity index (χ0) is 19.8. The largest absolute Gasteiger partial charge is 0.493 e. The van der Waals surface area contributed by atoms with E-state index >= 15 is 0 Å². The molecule has 144 valence electrons. The smallest absolute Gasteiger partial charge is 0.338 e. The summed E-state index contributed by atoms with van der Waals surface area (Å²) in [5, 5.41) is 0. The second-order valence-electron chi connectivity index (χ2n) is 6.11. The molecule has 6 heteroatoms. The molecule has 1 amide bonds. The van der Waals surface area contributed by atoms with E-state index in [1.54, 1.807) is 19.2 Å². The molecule has 0 fully saturated rings. The Hall–Kier alpha value is -3.02. The lowest BCUT2D eigenvalue weighted by molar-refractivity contribution is -0.133. The first-order chi connectivity index (χ1) is 12.9. The number of nitrogens with zero attached hydrogens (tertiary/aromatic N) is 1. The van der Waals surface area contributed by atoms with Crippen molar-refractivity contribution in [2.45, 2.75) is 20.4 Å². The lowest BCUT2D eigenvalue weighted by Gasteiger charge is -2.17. The van der Waals surface area contributed by atoms with Crippen molar-refractivity contribution in [2.75, 3.05) is 27.4 Å². The first kappa shape index (κ1) is 20.3. The average Bonchev–Trinajstić information content (AvgIpc) is 2.68. The molecular formula is C21H25NO5. The van der Waals surface area contributed by atoms with Crippen LogP contribution in [0.25, 0.3) is 0 Å². The highest BCUT2D eigenvalue weighted by Crippen LogP contribution is 2.28. The highest BCUT2D eigenvalue weighted by Gasteiger charge is 2.16. The summed E-state index contributed by atoms with van der Waals surface area (Å²) >= 11 is 0. The monoisotopic (exact) mass is 371 g/mol. The van der Waals surface area contributed by atoms with E-state index in [0.717, 1.165) is 11.1 Å². The second-order valence-corrected chi connectivity index (χ2v) is 6.11. The molecule has 0 saturated heterocycles. The van der Waals surface area contributed by atoms with Crippen LogP contribution in [0.15, 0.2) is 42.5 Å². The van der Waals surface area contributed by atoms with Crippen LogP contribution in [0.5, 0.6) is 11.5 Å². The van der Waals surface area contributed by atoms with Gasteiger partial charge in [0.25, 0.3) is 5.91 Å². The highest BCUT2D eigenvalue weighted by atomic mass is 16.5. The van der Waals surface area contributed by atoms with Crippen LogP contribution >= 0.6 is 0 Å². The van der Waals surface area contributed by atoms with Gasteiger partial charge in [0, 0.05) is 13.6 Å². The Balaban J connectivity index is 1.92. The zero-order valence-electron chi connectivity index (χ0n) is 16.2. The van der Waals surface area contributed by atoms with Crippen molar-refractivity contribution in [2.24, 2.45) is 0 Å². The summed E-state index contributed by atoms with van der Waals surface area (Å²) in [5.74, 6) is 0.120. The number of benzene rings is 2. The molecule has 27 heavy (non-hydrogen) atoms. The molecule has 0 aliphatic heterocycles. The number of likely N-dealkylation sites (N-methyl/N-ethyl adjacent to an activating group) is 1. The Bertz CT molecular complexity index is 786. The molecule has 0 saturated carbocycles. The van der Waals surface area contributed by atoms with Gasteiger partial charge in [0.15, 0.2) is 18.1 Å². The number of hydrogen-bond donors (Lipinski definition) is 0. The molecule has 0 heterocycles. The van der Waals surface area contributed by atoms with Crippen LogP contribution in [0.3, 0.4) is 0 Å². The van der Waals surface area contributed by atoms with Gasteiger partial charge >= 0.3 is 5.97 Å². The zero-order valence-corrected chi connectivity index (χ0v) is 16.2. The standard InChI is InChI=1S/C21H25NO5/c1-5-26-18-11-10-17(12-19(18)25-4)21(24)27-14-20(23)22(3)13-16-8-6-15(2)7-9-16/h6-12H,5,13-14H2,1-4H3. The van der Waals surface area contributed by atoms with Gasteiger partial charge < -0.3 is 19.1 Å². The Morgan fingerprint density at radius 1 is 1.04 bits per heavy atom. The first-order valence-corrected chi connectivity index (χ1v) is 8.72. The van der Waals surface area contributed by atoms with E-state index in [2.05, 4.69) is 0 Å². The SMILES string of the molecule is CCOc1ccc(C(=O)OCC(=O)N(C)Cc2ccc(C)cc2)cc1OC. The van der Waals surface area contributed by atoms with Gasteiger partial charge in [-0.05, 0) is 37.6 Å². The van der Waals surface area contributed by atoms with Crippen molar-refractivity contribution >= 4 is 11.9 Å². The molecule has 0 unspecified atom stereocenters. The Morgan fingerprint density at radius 3 is 2.37 bits per heavy atom. The summed E-state index contributed by atoms with van der Waals surface area (Å²) in [6.07, 6.45) is 0. The number of amides is 1. The van der Waals surface area contributed by atoms with Gasteiger partial charge in [-0.2, -0.15) is 0 Å². The number of hydrogen-bond acceptors (Lipinski definition) is 5. The predicted octanol–water partition coefficient (Wildman–Crippen LogP) is 3.22. The molecular weight excluding hydrogens is 346 g/mol. The fraction of sp³-hybridized carbons (Fsp3) is 0.333. The van der Waals surface area contributed by atoms with Crippen LogP contribution in [0.4, 0.5) is 0 Å². The quantitative estimate of drug-likeness (QED) is 0.667. The van der Waals surface area contributed by atoms with Gasteiger partial charge in [-0.1, -0.05) is 29.8 Å². The minimum Gasteiger partial charge on any atom is -0.493 e. The highest BCUT2D eigenvalue weighted by molar-refractivity contribution is 5.92. The van der Waals surface area contributed by atoms with E-state index in [4.69, 9.17) is 14.2 Å². The van der Waals surface area contributed by atoms with Crippen molar-refractivity contribution in [1.82, 2.24) is 4.90 Å². The maximum atomic E-state index is 12.2. The van der Waals surface area contributed by atoms with E-state index in [0.29, 0.717) is 30.2 Å². The Kier molecular flexibility index (Phi) is 7.23. The number of methoxy groups -OCH3 is 1. The molecule has 0 atom stereocenters. The Morgan fingerprint density at radius 2 is 1.74 bits per heavy atom. The number of carbonyl (C=O) groups is 2. The van der Waals surface area contributed by atoms with Crippen molar-refractivity contribution < 1.29 is 23.8 Å². The van der Waals surface area contributed by atoms with Crippen molar-refractivity contribution in [3.8, 4) is 11.5 Å². The molecule has 0 aliphatic carbocycles. The summed E-state index contributed by atoms with van der Waals surface area (Å²) in [7, 11) is 3.17. The third-order valence-electron chi connectivity index (χ3n) is 3.99. The summed E-state index contributed by atoms with van der Waals surface area (Å²) < 4.78 is 15.8. The van der Waals surface area contributed by atoms with Gasteiger partial charge in [-0.3, -0.25) is 4.79 Å². The topological polar surface area (TPSA) is 65.1 Å². The molecule has 0 aromatic heterocycles. The van der Waals surface area contributed by atoms with E-state index in [-0.39, 0.29) is 12.5 Å². The third kappa shape index (κ3) is 5.74. The van der Waals surface area contributed by atoms with Gasteiger partial charge in [-0.15, -0.1) is 0 Å². The van der Waals surface area contributed by atoms with E-state index in [1.807, 2.05) is 38.1 Å². The maximum Gasteiger partial charge on any atom is 0.338 e. The molecule has 0 radical (unpaired) electrons. The summed E-state index contributed by atoms with van der Waals surface area (Å²) in [6.45, 7) is 4.49. The lowest BCUT2D eigenvalue weighted by Crippen LogP contribution is -2.30.